The fourth-order valence-electron chi connectivity index (χ4n) is 5.96. The number of rotatable bonds is 5. The van der Waals surface area contributed by atoms with E-state index in [0.717, 1.165) is 57.8 Å². The number of hydrogen-bond donors (Lipinski definition) is 1. The minimum absolute atomic E-state index is 0.0579. The number of nitrogens with one attached hydrogen (secondary N) is 1. The van der Waals surface area contributed by atoms with Gasteiger partial charge in [0, 0.05) is 44.2 Å². The molecule has 152 valence electrons. The van der Waals surface area contributed by atoms with E-state index in [1.54, 1.807) is 0 Å². The van der Waals surface area contributed by atoms with Crippen molar-refractivity contribution in [2.24, 2.45) is 17.3 Å². The molecule has 2 aliphatic carbocycles. The predicted molar refractivity (Wildman–Crippen MR) is 104 cm³/mol. The third-order valence-electron chi connectivity index (χ3n) is 7.75. The maximum Gasteiger partial charge on any atom is 0.225 e. The molecule has 4 fully saturated rings. The molecule has 2 saturated heterocycles. The van der Waals surface area contributed by atoms with Crippen LogP contribution < -0.4 is 5.32 Å². The Balaban J connectivity index is 1.39. The minimum atomic E-state index is -0.0655. The highest BCUT2D eigenvalue weighted by molar-refractivity contribution is 5.83. The summed E-state index contributed by atoms with van der Waals surface area (Å²) in [6.07, 6.45) is 13.4. The predicted octanol–water partition coefficient (Wildman–Crippen LogP) is 3.27. The summed E-state index contributed by atoms with van der Waals surface area (Å²) >= 11 is 0. The van der Waals surface area contributed by atoms with E-state index in [2.05, 4.69) is 5.32 Å². The lowest BCUT2D eigenvalue weighted by Gasteiger charge is -2.37. The molecule has 1 unspecified atom stereocenters. The minimum Gasteiger partial charge on any atom is -0.381 e. The second-order valence-electron chi connectivity index (χ2n) is 9.48. The molecule has 5 heteroatoms. The van der Waals surface area contributed by atoms with Crippen molar-refractivity contribution in [2.45, 2.75) is 83.1 Å². The van der Waals surface area contributed by atoms with E-state index in [1.165, 1.54) is 38.5 Å². The van der Waals surface area contributed by atoms with Gasteiger partial charge in [0.05, 0.1) is 5.92 Å². The molecule has 2 aliphatic heterocycles. The first-order valence-electron chi connectivity index (χ1n) is 11.3. The fourth-order valence-corrected chi connectivity index (χ4v) is 5.96. The van der Waals surface area contributed by atoms with Crippen molar-refractivity contribution >= 4 is 11.8 Å². The van der Waals surface area contributed by atoms with Crippen molar-refractivity contribution in [1.82, 2.24) is 10.2 Å². The van der Waals surface area contributed by atoms with Crippen LogP contribution in [0.2, 0.25) is 0 Å². The number of likely N-dealkylation sites (tertiary alicyclic amines) is 1. The molecule has 2 saturated carbocycles. The molecule has 1 atom stereocenters. The number of carbonyl (C=O) groups is 2. The van der Waals surface area contributed by atoms with Gasteiger partial charge in [-0.05, 0) is 38.0 Å². The highest BCUT2D eigenvalue weighted by Gasteiger charge is 2.51. The van der Waals surface area contributed by atoms with Crippen LogP contribution in [0.25, 0.3) is 0 Å². The van der Waals surface area contributed by atoms with Gasteiger partial charge >= 0.3 is 0 Å². The van der Waals surface area contributed by atoms with Crippen LogP contribution in [0, 0.1) is 17.3 Å². The first-order valence-corrected chi connectivity index (χ1v) is 11.3. The molecule has 0 bridgehead atoms. The van der Waals surface area contributed by atoms with Gasteiger partial charge in [-0.15, -0.1) is 0 Å². The molecule has 1 N–H and O–H groups in total. The van der Waals surface area contributed by atoms with Gasteiger partial charge in [-0.25, -0.2) is 0 Å². The van der Waals surface area contributed by atoms with Gasteiger partial charge < -0.3 is 15.0 Å². The smallest absolute Gasteiger partial charge is 0.225 e. The van der Waals surface area contributed by atoms with E-state index in [-0.39, 0.29) is 23.1 Å². The van der Waals surface area contributed by atoms with Gasteiger partial charge in [-0.1, -0.05) is 38.5 Å². The van der Waals surface area contributed by atoms with Crippen LogP contribution in [-0.4, -0.2) is 49.1 Å². The Hall–Kier alpha value is -1.10. The average Bonchev–Trinajstić information content (AvgIpc) is 3.42. The van der Waals surface area contributed by atoms with Crippen LogP contribution >= 0.6 is 0 Å². The summed E-state index contributed by atoms with van der Waals surface area (Å²) < 4.78 is 5.59. The molecular formula is C22H36N2O3. The SMILES string of the molecule is O=C(NC1CCCC1)C1CN(C(=O)CCC2CCCC2)CC12CCOCC2. The monoisotopic (exact) mass is 376 g/mol. The molecule has 4 aliphatic rings. The Kier molecular flexibility index (Phi) is 6.05. The van der Waals surface area contributed by atoms with Crippen molar-refractivity contribution in [3.8, 4) is 0 Å². The molecule has 4 rings (SSSR count). The van der Waals surface area contributed by atoms with Crippen LogP contribution in [0.3, 0.4) is 0 Å². The van der Waals surface area contributed by atoms with Crippen LogP contribution in [0.5, 0.6) is 0 Å². The van der Waals surface area contributed by atoms with Gasteiger partial charge in [-0.2, -0.15) is 0 Å². The van der Waals surface area contributed by atoms with Gasteiger partial charge in [0.25, 0.3) is 0 Å². The Morgan fingerprint density at radius 3 is 2.37 bits per heavy atom. The van der Waals surface area contributed by atoms with Gasteiger partial charge in [0.15, 0.2) is 0 Å². The first-order chi connectivity index (χ1) is 13.2. The second-order valence-corrected chi connectivity index (χ2v) is 9.48. The van der Waals surface area contributed by atoms with E-state index < -0.39 is 0 Å². The largest absolute Gasteiger partial charge is 0.381 e. The zero-order chi connectivity index (χ0) is 18.7. The Bertz CT molecular complexity index is 532. The highest BCUT2D eigenvalue weighted by atomic mass is 16.5. The maximum absolute atomic E-state index is 13.1. The quantitative estimate of drug-likeness (QED) is 0.801. The summed E-state index contributed by atoms with van der Waals surface area (Å²) in [6.45, 7) is 2.80. The maximum atomic E-state index is 13.1. The summed E-state index contributed by atoms with van der Waals surface area (Å²) in [6, 6.07) is 0.349. The third kappa shape index (κ3) is 4.33. The lowest BCUT2D eigenvalue weighted by atomic mass is 9.71. The molecule has 1 spiro atoms. The van der Waals surface area contributed by atoms with E-state index in [9.17, 15) is 9.59 Å². The van der Waals surface area contributed by atoms with Crippen molar-refractivity contribution in [3.63, 3.8) is 0 Å². The molecule has 27 heavy (non-hydrogen) atoms. The van der Waals surface area contributed by atoms with Crippen LogP contribution in [0.1, 0.15) is 77.0 Å². The van der Waals surface area contributed by atoms with Gasteiger partial charge in [0.2, 0.25) is 11.8 Å². The summed E-state index contributed by atoms with van der Waals surface area (Å²) in [7, 11) is 0. The van der Waals surface area contributed by atoms with Gasteiger partial charge in [0.1, 0.15) is 0 Å². The summed E-state index contributed by atoms with van der Waals surface area (Å²) in [5, 5.41) is 3.31. The molecular weight excluding hydrogens is 340 g/mol. The van der Waals surface area contributed by atoms with Crippen LogP contribution in [0.4, 0.5) is 0 Å². The number of amides is 2. The number of carbonyl (C=O) groups excluding carboxylic acids is 2. The molecule has 0 aromatic heterocycles. The fraction of sp³-hybridized carbons (Fsp3) is 0.909. The van der Waals surface area contributed by atoms with Crippen LogP contribution in [0.15, 0.2) is 0 Å². The van der Waals surface area contributed by atoms with E-state index in [0.29, 0.717) is 19.0 Å². The van der Waals surface area contributed by atoms with Crippen molar-refractivity contribution in [2.75, 3.05) is 26.3 Å². The first kappa shape index (κ1) is 19.2. The van der Waals surface area contributed by atoms with Crippen molar-refractivity contribution in [3.05, 3.63) is 0 Å². The average molecular weight is 377 g/mol. The number of ether oxygens (including phenoxy) is 1. The summed E-state index contributed by atoms with van der Waals surface area (Å²) in [5.41, 5.74) is -0.0655. The molecule has 5 nitrogen and oxygen atoms in total. The lowest BCUT2D eigenvalue weighted by molar-refractivity contribution is -0.131. The number of nitrogens with zero attached hydrogens (tertiary/aromatic N) is 1. The third-order valence-corrected chi connectivity index (χ3v) is 7.75. The number of hydrogen-bond acceptors (Lipinski definition) is 3. The van der Waals surface area contributed by atoms with E-state index in [1.807, 2.05) is 4.90 Å². The standard InChI is InChI=1S/C22H36N2O3/c25-20(10-9-17-5-1-2-6-17)24-15-19(21(26)23-18-7-3-4-8-18)22(16-24)11-13-27-14-12-22/h17-19H,1-16H2,(H,23,26). The second kappa shape index (κ2) is 8.50. The summed E-state index contributed by atoms with van der Waals surface area (Å²) in [4.78, 5) is 28.0. The van der Waals surface area contributed by atoms with Crippen LogP contribution in [-0.2, 0) is 14.3 Å². The van der Waals surface area contributed by atoms with E-state index in [4.69, 9.17) is 4.74 Å². The highest BCUT2D eigenvalue weighted by Crippen LogP contribution is 2.45. The van der Waals surface area contributed by atoms with E-state index >= 15 is 0 Å². The molecule has 2 amide bonds. The molecule has 0 radical (unpaired) electrons. The normalized spacial score (nSPS) is 28.9. The van der Waals surface area contributed by atoms with Crippen molar-refractivity contribution in [1.29, 1.82) is 0 Å². The Morgan fingerprint density at radius 1 is 1.00 bits per heavy atom. The zero-order valence-electron chi connectivity index (χ0n) is 16.7. The topological polar surface area (TPSA) is 58.6 Å². The Labute approximate surface area is 163 Å². The molecule has 0 aromatic carbocycles. The molecule has 2 heterocycles. The molecule has 0 aromatic rings. The van der Waals surface area contributed by atoms with Gasteiger partial charge in [-0.3, -0.25) is 9.59 Å². The summed E-state index contributed by atoms with van der Waals surface area (Å²) in [5.74, 6) is 1.14. The zero-order valence-corrected chi connectivity index (χ0v) is 16.7. The van der Waals surface area contributed by atoms with Crippen molar-refractivity contribution < 1.29 is 14.3 Å². The Morgan fingerprint density at radius 2 is 1.67 bits per heavy atom. The lowest BCUT2D eigenvalue weighted by Crippen LogP contribution is -2.46.